The Morgan fingerprint density at radius 1 is 1.36 bits per heavy atom. The van der Waals surface area contributed by atoms with Gasteiger partial charge in [-0.25, -0.2) is 0 Å². The first kappa shape index (κ1) is 20.6. The van der Waals surface area contributed by atoms with E-state index in [1.54, 1.807) is 29.2 Å². The molecule has 28 heavy (non-hydrogen) atoms. The van der Waals surface area contributed by atoms with Crippen LogP contribution in [-0.4, -0.2) is 52.7 Å². The van der Waals surface area contributed by atoms with Crippen molar-refractivity contribution in [3.8, 4) is 0 Å². The molecule has 1 aromatic carbocycles. The molecule has 3 rings (SSSR count). The Labute approximate surface area is 171 Å². The number of likely N-dealkylation sites (tertiary alicyclic amines) is 1. The van der Waals surface area contributed by atoms with Crippen LogP contribution in [0.15, 0.2) is 24.3 Å². The lowest BCUT2D eigenvalue weighted by Crippen LogP contribution is -2.46. The summed E-state index contributed by atoms with van der Waals surface area (Å²) in [5.74, 6) is 0.845. The highest BCUT2D eigenvalue weighted by atomic mass is 35.5. The molecule has 1 unspecified atom stereocenters. The number of piperidine rings is 1. The number of guanidine groups is 1. The Balaban J connectivity index is 1.56. The van der Waals surface area contributed by atoms with E-state index in [1.165, 1.54) is 0 Å². The van der Waals surface area contributed by atoms with E-state index in [4.69, 9.17) is 17.0 Å². The van der Waals surface area contributed by atoms with Gasteiger partial charge in [0.2, 0.25) is 0 Å². The van der Waals surface area contributed by atoms with Gasteiger partial charge in [0, 0.05) is 30.2 Å². The molecule has 0 radical (unpaired) electrons. The molecule has 2 heterocycles. The Bertz CT molecular complexity index is 773. The van der Waals surface area contributed by atoms with Crippen LogP contribution < -0.4 is 5.32 Å². The standard InChI is InChI=1S/C21H29ClN4O2/c1-14(2)12-21(3)19(28)26(20(23)24-21)13-15-7-9-25(10-8-15)18(27)16-5-4-6-17(22)11-16/h4-6,11,14-15H,7-10,12-13H2,1-3H3,(H2,23,24). The molecule has 2 aliphatic rings. The number of rotatable bonds is 5. The smallest absolute Gasteiger partial charge is 0.254 e. The van der Waals surface area contributed by atoms with Crippen molar-refractivity contribution in [2.75, 3.05) is 19.6 Å². The first-order valence-electron chi connectivity index (χ1n) is 9.93. The number of carbonyl (C=O) groups is 2. The molecular weight excluding hydrogens is 376 g/mol. The minimum absolute atomic E-state index is 0.00267. The number of amides is 2. The van der Waals surface area contributed by atoms with E-state index in [-0.39, 0.29) is 23.7 Å². The second-order valence-corrected chi connectivity index (χ2v) is 9.00. The van der Waals surface area contributed by atoms with Crippen LogP contribution in [0.2, 0.25) is 5.02 Å². The topological polar surface area (TPSA) is 76.5 Å². The van der Waals surface area contributed by atoms with Gasteiger partial charge in [-0.15, -0.1) is 0 Å². The summed E-state index contributed by atoms with van der Waals surface area (Å²) in [6, 6.07) is 7.02. The van der Waals surface area contributed by atoms with Gasteiger partial charge in [0.25, 0.3) is 11.8 Å². The molecule has 1 atom stereocenters. The predicted molar refractivity (Wildman–Crippen MR) is 111 cm³/mol. The van der Waals surface area contributed by atoms with Gasteiger partial charge in [-0.3, -0.25) is 19.9 Å². The van der Waals surface area contributed by atoms with Gasteiger partial charge in [-0.2, -0.15) is 0 Å². The Hall–Kier alpha value is -2.08. The second-order valence-electron chi connectivity index (χ2n) is 8.57. The normalized spacial score (nSPS) is 23.5. The lowest BCUT2D eigenvalue weighted by Gasteiger charge is -2.34. The van der Waals surface area contributed by atoms with Crippen LogP contribution in [0.4, 0.5) is 0 Å². The fourth-order valence-electron chi connectivity index (χ4n) is 4.29. The first-order chi connectivity index (χ1) is 13.2. The summed E-state index contributed by atoms with van der Waals surface area (Å²) in [4.78, 5) is 29.0. The van der Waals surface area contributed by atoms with Crippen LogP contribution in [0.5, 0.6) is 0 Å². The van der Waals surface area contributed by atoms with Gasteiger partial charge in [0.1, 0.15) is 5.54 Å². The van der Waals surface area contributed by atoms with Crippen molar-refractivity contribution in [3.05, 3.63) is 34.9 Å². The fourth-order valence-corrected chi connectivity index (χ4v) is 4.48. The van der Waals surface area contributed by atoms with Gasteiger partial charge >= 0.3 is 0 Å². The van der Waals surface area contributed by atoms with Crippen LogP contribution in [0.25, 0.3) is 0 Å². The Morgan fingerprint density at radius 3 is 2.64 bits per heavy atom. The zero-order valence-corrected chi connectivity index (χ0v) is 17.6. The van der Waals surface area contributed by atoms with Crippen LogP contribution in [0.1, 0.15) is 50.4 Å². The SMILES string of the molecule is CC(C)CC1(C)NC(=N)N(CC2CCN(C(=O)c3cccc(Cl)c3)CC2)C1=O. The van der Waals surface area contributed by atoms with E-state index < -0.39 is 5.54 Å². The largest absolute Gasteiger partial charge is 0.342 e. The summed E-state index contributed by atoms with van der Waals surface area (Å²) in [7, 11) is 0. The molecule has 2 N–H and O–H groups in total. The molecule has 0 bridgehead atoms. The van der Waals surface area contributed by atoms with E-state index >= 15 is 0 Å². The average Bonchev–Trinajstić information content (AvgIpc) is 2.84. The number of carbonyl (C=O) groups excluding carboxylic acids is 2. The van der Waals surface area contributed by atoms with E-state index in [1.807, 2.05) is 11.8 Å². The summed E-state index contributed by atoms with van der Waals surface area (Å²) >= 11 is 5.99. The van der Waals surface area contributed by atoms with Crippen molar-refractivity contribution in [2.24, 2.45) is 11.8 Å². The number of nitrogens with one attached hydrogen (secondary N) is 2. The number of halogens is 1. The lowest BCUT2D eigenvalue weighted by atomic mass is 9.90. The Morgan fingerprint density at radius 2 is 2.04 bits per heavy atom. The summed E-state index contributed by atoms with van der Waals surface area (Å²) in [5, 5.41) is 11.9. The molecule has 0 aromatic heterocycles. The third-order valence-corrected chi connectivity index (χ3v) is 5.85. The summed E-state index contributed by atoms with van der Waals surface area (Å²) in [6.45, 7) is 7.90. The number of hydrogen-bond acceptors (Lipinski definition) is 3. The lowest BCUT2D eigenvalue weighted by molar-refractivity contribution is -0.131. The maximum Gasteiger partial charge on any atom is 0.254 e. The maximum atomic E-state index is 12.9. The number of hydrogen-bond donors (Lipinski definition) is 2. The molecule has 0 spiro atoms. The molecule has 1 aromatic rings. The molecule has 2 fully saturated rings. The molecule has 0 aliphatic carbocycles. The zero-order valence-electron chi connectivity index (χ0n) is 16.8. The van der Waals surface area contributed by atoms with Crippen molar-refractivity contribution < 1.29 is 9.59 Å². The van der Waals surface area contributed by atoms with Crippen LogP contribution in [-0.2, 0) is 4.79 Å². The molecular formula is C21H29ClN4O2. The van der Waals surface area contributed by atoms with Crippen molar-refractivity contribution >= 4 is 29.4 Å². The number of nitrogens with zero attached hydrogens (tertiary/aromatic N) is 2. The maximum absolute atomic E-state index is 12.9. The quantitative estimate of drug-likeness (QED) is 0.789. The highest BCUT2D eigenvalue weighted by molar-refractivity contribution is 6.30. The summed E-state index contributed by atoms with van der Waals surface area (Å²) in [6.07, 6.45) is 2.35. The van der Waals surface area contributed by atoms with Crippen molar-refractivity contribution in [1.29, 1.82) is 5.41 Å². The van der Waals surface area contributed by atoms with Crippen LogP contribution in [0.3, 0.4) is 0 Å². The minimum Gasteiger partial charge on any atom is -0.342 e. The fraction of sp³-hybridized carbons (Fsp3) is 0.571. The van der Waals surface area contributed by atoms with E-state index in [0.29, 0.717) is 42.6 Å². The summed E-state index contributed by atoms with van der Waals surface area (Å²) in [5.41, 5.74) is -0.0785. The van der Waals surface area contributed by atoms with Gasteiger partial charge in [-0.1, -0.05) is 31.5 Å². The Kier molecular flexibility index (Phi) is 5.98. The molecule has 2 amide bonds. The molecule has 2 saturated heterocycles. The van der Waals surface area contributed by atoms with Crippen LogP contribution in [0, 0.1) is 17.2 Å². The van der Waals surface area contributed by atoms with Crippen LogP contribution >= 0.6 is 11.6 Å². The second kappa shape index (κ2) is 8.11. The molecule has 152 valence electrons. The van der Waals surface area contributed by atoms with E-state index in [2.05, 4.69) is 19.2 Å². The summed E-state index contributed by atoms with van der Waals surface area (Å²) < 4.78 is 0. The van der Waals surface area contributed by atoms with Crippen molar-refractivity contribution in [2.45, 2.75) is 45.6 Å². The zero-order chi connectivity index (χ0) is 20.5. The first-order valence-corrected chi connectivity index (χ1v) is 10.3. The van der Waals surface area contributed by atoms with E-state index in [9.17, 15) is 9.59 Å². The van der Waals surface area contributed by atoms with Crippen molar-refractivity contribution in [3.63, 3.8) is 0 Å². The monoisotopic (exact) mass is 404 g/mol. The van der Waals surface area contributed by atoms with Crippen molar-refractivity contribution in [1.82, 2.24) is 15.1 Å². The average molecular weight is 405 g/mol. The molecule has 6 nitrogen and oxygen atoms in total. The van der Waals surface area contributed by atoms with Gasteiger partial charge in [-0.05, 0) is 56.2 Å². The van der Waals surface area contributed by atoms with Gasteiger partial charge < -0.3 is 10.2 Å². The third-order valence-electron chi connectivity index (χ3n) is 5.61. The minimum atomic E-state index is -0.686. The molecule has 7 heteroatoms. The molecule has 0 saturated carbocycles. The van der Waals surface area contributed by atoms with Gasteiger partial charge in [0.15, 0.2) is 5.96 Å². The number of benzene rings is 1. The third kappa shape index (κ3) is 4.32. The highest BCUT2D eigenvalue weighted by Crippen LogP contribution is 2.27. The molecule has 2 aliphatic heterocycles. The predicted octanol–water partition coefficient (Wildman–Crippen LogP) is 3.36. The van der Waals surface area contributed by atoms with Gasteiger partial charge in [0.05, 0.1) is 0 Å². The highest BCUT2D eigenvalue weighted by Gasteiger charge is 2.46. The van der Waals surface area contributed by atoms with E-state index in [0.717, 1.165) is 12.8 Å².